The Kier molecular flexibility index (Phi) is 4.57. The van der Waals surface area contributed by atoms with Gasteiger partial charge in [-0.15, -0.1) is 0 Å². The Morgan fingerprint density at radius 2 is 1.06 bits per heavy atom. The molecule has 2 heterocycles. The maximum atomic E-state index is 4.15. The van der Waals surface area contributed by atoms with Gasteiger partial charge in [-0.2, -0.15) is 0 Å². The summed E-state index contributed by atoms with van der Waals surface area (Å²) in [7, 11) is 3.43. The molecule has 0 bridgehead atoms. The van der Waals surface area contributed by atoms with E-state index in [1.807, 2.05) is 12.1 Å². The van der Waals surface area contributed by atoms with Crippen LogP contribution in [0.25, 0.3) is 0 Å². The van der Waals surface area contributed by atoms with Crippen molar-refractivity contribution in [2.75, 3.05) is 0 Å². The first-order chi connectivity index (χ1) is 7.95. The summed E-state index contributed by atoms with van der Waals surface area (Å²) in [6.45, 7) is 0. The van der Waals surface area contributed by atoms with Crippen molar-refractivity contribution in [3.05, 3.63) is 48.6 Å². The van der Waals surface area contributed by atoms with Gasteiger partial charge in [0.25, 0.3) is 0 Å². The van der Waals surface area contributed by atoms with Crippen molar-refractivity contribution < 1.29 is 0 Å². The van der Waals surface area contributed by atoms with E-state index in [-0.39, 0.29) is 0 Å². The molecule has 6 heteroatoms. The Hall–Kier alpha value is -1.14. The third-order valence-electron chi connectivity index (χ3n) is 1.70. The van der Waals surface area contributed by atoms with Gasteiger partial charge in [-0.3, -0.25) is 0 Å². The SMILES string of the molecule is c1cnc(CSSCc2ncccn2)nc1. The number of hydrogen-bond acceptors (Lipinski definition) is 6. The van der Waals surface area contributed by atoms with Crippen LogP contribution in [0.1, 0.15) is 11.6 Å². The molecule has 0 unspecified atom stereocenters. The summed E-state index contributed by atoms with van der Waals surface area (Å²) in [5, 5.41) is 0. The molecule has 2 aromatic heterocycles. The number of rotatable bonds is 5. The summed E-state index contributed by atoms with van der Waals surface area (Å²) >= 11 is 0. The Morgan fingerprint density at radius 1 is 0.688 bits per heavy atom. The smallest absolute Gasteiger partial charge is 0.138 e. The van der Waals surface area contributed by atoms with Crippen molar-refractivity contribution in [2.45, 2.75) is 11.5 Å². The maximum absolute atomic E-state index is 4.15. The van der Waals surface area contributed by atoms with E-state index in [2.05, 4.69) is 19.9 Å². The molecule has 0 fully saturated rings. The molecule has 0 atom stereocenters. The van der Waals surface area contributed by atoms with Crippen molar-refractivity contribution >= 4 is 21.6 Å². The van der Waals surface area contributed by atoms with Crippen molar-refractivity contribution in [3.8, 4) is 0 Å². The topological polar surface area (TPSA) is 51.6 Å². The number of nitrogens with zero attached hydrogens (tertiary/aromatic N) is 4. The third kappa shape index (κ3) is 3.79. The molecule has 0 aromatic carbocycles. The molecular formula is C10H10N4S2. The lowest BCUT2D eigenvalue weighted by Crippen LogP contribution is -1.90. The van der Waals surface area contributed by atoms with E-state index in [1.54, 1.807) is 46.4 Å². The zero-order valence-corrected chi connectivity index (χ0v) is 10.1. The Labute approximate surface area is 102 Å². The molecule has 82 valence electrons. The van der Waals surface area contributed by atoms with Crippen molar-refractivity contribution in [1.82, 2.24) is 19.9 Å². The van der Waals surface area contributed by atoms with E-state index < -0.39 is 0 Å². The summed E-state index contributed by atoms with van der Waals surface area (Å²) in [6, 6.07) is 3.64. The molecule has 0 spiro atoms. The van der Waals surface area contributed by atoms with Gasteiger partial charge in [-0.25, -0.2) is 19.9 Å². The van der Waals surface area contributed by atoms with Gasteiger partial charge >= 0.3 is 0 Å². The molecule has 16 heavy (non-hydrogen) atoms. The van der Waals surface area contributed by atoms with Gasteiger partial charge in [0.05, 0.1) is 11.5 Å². The largest absolute Gasteiger partial charge is 0.240 e. The molecule has 4 nitrogen and oxygen atoms in total. The van der Waals surface area contributed by atoms with Crippen LogP contribution in [0.5, 0.6) is 0 Å². The van der Waals surface area contributed by atoms with E-state index in [1.165, 1.54) is 0 Å². The van der Waals surface area contributed by atoms with Gasteiger partial charge in [0.2, 0.25) is 0 Å². The summed E-state index contributed by atoms with van der Waals surface area (Å²) in [5.41, 5.74) is 0. The molecule has 0 saturated carbocycles. The van der Waals surface area contributed by atoms with E-state index in [0.29, 0.717) is 0 Å². The van der Waals surface area contributed by atoms with Gasteiger partial charge in [0.1, 0.15) is 11.6 Å². The van der Waals surface area contributed by atoms with Crippen LogP contribution in [0.3, 0.4) is 0 Å². The second-order valence-electron chi connectivity index (χ2n) is 2.85. The molecule has 0 radical (unpaired) electrons. The second kappa shape index (κ2) is 6.44. The van der Waals surface area contributed by atoms with Gasteiger partial charge in [-0.1, -0.05) is 21.6 Å². The normalized spacial score (nSPS) is 10.2. The first-order valence-corrected chi connectivity index (χ1v) is 7.20. The average Bonchev–Trinajstić information content (AvgIpc) is 2.37. The Balaban J connectivity index is 1.70. The average molecular weight is 250 g/mol. The summed E-state index contributed by atoms with van der Waals surface area (Å²) in [5.74, 6) is 3.32. The minimum atomic E-state index is 0.804. The highest BCUT2D eigenvalue weighted by molar-refractivity contribution is 8.76. The predicted octanol–water partition coefficient (Wildman–Crippen LogP) is 2.35. The highest BCUT2D eigenvalue weighted by Gasteiger charge is 1.98. The number of hydrogen-bond donors (Lipinski definition) is 0. The molecule has 2 aromatic rings. The lowest BCUT2D eigenvalue weighted by Gasteiger charge is -1.99. The van der Waals surface area contributed by atoms with Gasteiger partial charge in [0.15, 0.2) is 0 Å². The summed E-state index contributed by atoms with van der Waals surface area (Å²) in [6.07, 6.45) is 7.03. The number of aromatic nitrogens is 4. The molecular weight excluding hydrogens is 240 g/mol. The molecule has 0 amide bonds. The maximum Gasteiger partial charge on any atom is 0.138 e. The molecule has 2 rings (SSSR count). The minimum Gasteiger partial charge on any atom is -0.240 e. The van der Waals surface area contributed by atoms with Gasteiger partial charge in [-0.05, 0) is 12.1 Å². The van der Waals surface area contributed by atoms with Crippen LogP contribution in [-0.4, -0.2) is 19.9 Å². The Morgan fingerprint density at radius 3 is 1.44 bits per heavy atom. The fourth-order valence-electron chi connectivity index (χ4n) is 0.998. The van der Waals surface area contributed by atoms with E-state index >= 15 is 0 Å². The van der Waals surface area contributed by atoms with Crippen LogP contribution in [0, 0.1) is 0 Å². The molecule has 0 aliphatic carbocycles. The van der Waals surface area contributed by atoms with Crippen LogP contribution < -0.4 is 0 Å². The summed E-state index contributed by atoms with van der Waals surface area (Å²) < 4.78 is 0. The van der Waals surface area contributed by atoms with Crippen LogP contribution in [0.15, 0.2) is 36.9 Å². The molecule has 0 aliphatic heterocycles. The molecule has 0 N–H and O–H groups in total. The van der Waals surface area contributed by atoms with E-state index in [9.17, 15) is 0 Å². The molecule has 0 aliphatic rings. The van der Waals surface area contributed by atoms with Gasteiger partial charge < -0.3 is 0 Å². The second-order valence-corrected chi connectivity index (χ2v) is 5.32. The Bertz CT molecular complexity index is 368. The van der Waals surface area contributed by atoms with Gasteiger partial charge in [0, 0.05) is 24.8 Å². The quantitative estimate of drug-likeness (QED) is 0.599. The highest BCUT2D eigenvalue weighted by Crippen LogP contribution is 2.26. The van der Waals surface area contributed by atoms with E-state index in [0.717, 1.165) is 23.2 Å². The van der Waals surface area contributed by atoms with Crippen LogP contribution in [-0.2, 0) is 11.5 Å². The van der Waals surface area contributed by atoms with Crippen molar-refractivity contribution in [2.24, 2.45) is 0 Å². The van der Waals surface area contributed by atoms with Crippen LogP contribution in [0.2, 0.25) is 0 Å². The van der Waals surface area contributed by atoms with Crippen molar-refractivity contribution in [1.29, 1.82) is 0 Å². The monoisotopic (exact) mass is 250 g/mol. The van der Waals surface area contributed by atoms with E-state index in [4.69, 9.17) is 0 Å². The van der Waals surface area contributed by atoms with Crippen LogP contribution in [0.4, 0.5) is 0 Å². The zero-order valence-electron chi connectivity index (χ0n) is 8.48. The first kappa shape index (κ1) is 11.3. The predicted molar refractivity (Wildman–Crippen MR) is 66.7 cm³/mol. The highest BCUT2D eigenvalue weighted by atomic mass is 33.1. The standard InChI is InChI=1S/C10H10N4S2/c1-3-11-9(12-4-1)7-15-16-8-10-13-5-2-6-14-10/h1-6H,7-8H2. The van der Waals surface area contributed by atoms with Crippen LogP contribution >= 0.6 is 21.6 Å². The van der Waals surface area contributed by atoms with Crippen molar-refractivity contribution in [3.63, 3.8) is 0 Å². The zero-order chi connectivity index (χ0) is 11.1. The lowest BCUT2D eigenvalue weighted by atomic mass is 10.6. The first-order valence-electron chi connectivity index (χ1n) is 4.71. The lowest BCUT2D eigenvalue weighted by molar-refractivity contribution is 1.03. The fraction of sp³-hybridized carbons (Fsp3) is 0.200. The summed E-state index contributed by atoms with van der Waals surface area (Å²) in [4.78, 5) is 16.6. The molecule has 0 saturated heterocycles. The fourth-order valence-corrected chi connectivity index (χ4v) is 2.81. The minimum absolute atomic E-state index is 0.804. The third-order valence-corrected chi connectivity index (χ3v) is 3.82.